The lowest BCUT2D eigenvalue weighted by atomic mass is 10.2. The van der Waals surface area contributed by atoms with E-state index in [1.54, 1.807) is 18.2 Å². The Morgan fingerprint density at radius 3 is 2.60 bits per heavy atom. The fourth-order valence-electron chi connectivity index (χ4n) is 2.02. The summed E-state index contributed by atoms with van der Waals surface area (Å²) in [6.07, 6.45) is 1.98. The molecule has 1 aromatic rings. The van der Waals surface area contributed by atoms with Gasteiger partial charge in [0.25, 0.3) is 0 Å². The van der Waals surface area contributed by atoms with Crippen molar-refractivity contribution in [2.45, 2.75) is 11.3 Å². The van der Waals surface area contributed by atoms with Gasteiger partial charge in [0.15, 0.2) is 0 Å². The zero-order chi connectivity index (χ0) is 15.0. The molecule has 1 heterocycles. The van der Waals surface area contributed by atoms with E-state index in [9.17, 15) is 16.8 Å². The highest BCUT2D eigenvalue weighted by molar-refractivity contribution is 7.91. The van der Waals surface area contributed by atoms with E-state index in [0.717, 1.165) is 34.8 Å². The van der Waals surface area contributed by atoms with Crippen LogP contribution in [-0.4, -0.2) is 53.3 Å². The molecule has 0 spiro atoms. The van der Waals surface area contributed by atoms with E-state index in [1.807, 2.05) is 0 Å². The SMILES string of the molecule is CN(CCS(C)(=O)=O)S(=O)(=O)c1ccc2c(c1)NCC2. The van der Waals surface area contributed by atoms with E-state index in [4.69, 9.17) is 0 Å². The topological polar surface area (TPSA) is 83.6 Å². The highest BCUT2D eigenvalue weighted by Gasteiger charge is 2.23. The van der Waals surface area contributed by atoms with E-state index in [2.05, 4.69) is 5.32 Å². The van der Waals surface area contributed by atoms with Crippen LogP contribution in [0.4, 0.5) is 5.69 Å². The second kappa shape index (κ2) is 5.34. The zero-order valence-corrected chi connectivity index (χ0v) is 13.1. The molecule has 0 atom stereocenters. The third-order valence-corrected chi connectivity index (χ3v) is 6.05. The van der Waals surface area contributed by atoms with E-state index >= 15 is 0 Å². The van der Waals surface area contributed by atoms with Gasteiger partial charge in [0, 0.05) is 32.1 Å². The van der Waals surface area contributed by atoms with E-state index in [1.165, 1.54) is 7.05 Å². The quantitative estimate of drug-likeness (QED) is 0.845. The van der Waals surface area contributed by atoms with Crippen molar-refractivity contribution < 1.29 is 16.8 Å². The molecule has 0 aromatic heterocycles. The third kappa shape index (κ3) is 3.31. The molecule has 8 heteroatoms. The number of hydrogen-bond donors (Lipinski definition) is 1. The Hall–Kier alpha value is -1.12. The summed E-state index contributed by atoms with van der Waals surface area (Å²) in [6.45, 7) is 0.758. The first-order chi connectivity index (χ1) is 9.20. The number of rotatable bonds is 5. The molecule has 0 saturated carbocycles. The highest BCUT2D eigenvalue weighted by Crippen LogP contribution is 2.26. The van der Waals surface area contributed by atoms with Gasteiger partial charge in [-0.25, -0.2) is 16.8 Å². The molecule has 0 unspecified atom stereocenters. The van der Waals surface area contributed by atoms with Crippen LogP contribution >= 0.6 is 0 Å². The number of hydrogen-bond acceptors (Lipinski definition) is 5. The van der Waals surface area contributed by atoms with Gasteiger partial charge in [-0.3, -0.25) is 0 Å². The Kier molecular flexibility index (Phi) is 4.08. The van der Waals surface area contributed by atoms with Crippen LogP contribution < -0.4 is 5.32 Å². The van der Waals surface area contributed by atoms with Gasteiger partial charge in [-0.2, -0.15) is 4.31 Å². The molecule has 2 rings (SSSR count). The van der Waals surface area contributed by atoms with Gasteiger partial charge in [-0.15, -0.1) is 0 Å². The molecule has 1 aliphatic rings. The number of sulfonamides is 1. The average molecular weight is 318 g/mol. The zero-order valence-electron chi connectivity index (χ0n) is 11.5. The summed E-state index contributed by atoms with van der Waals surface area (Å²) in [6, 6.07) is 4.97. The largest absolute Gasteiger partial charge is 0.384 e. The molecule has 6 nitrogen and oxygen atoms in total. The van der Waals surface area contributed by atoms with Crippen LogP contribution in [0.5, 0.6) is 0 Å². The fourth-order valence-corrected chi connectivity index (χ4v) is 3.94. The Balaban J connectivity index is 2.21. The maximum Gasteiger partial charge on any atom is 0.242 e. The molecule has 1 aromatic carbocycles. The monoisotopic (exact) mass is 318 g/mol. The van der Waals surface area contributed by atoms with Crippen molar-refractivity contribution in [3.8, 4) is 0 Å². The van der Waals surface area contributed by atoms with Crippen LogP contribution in [0.25, 0.3) is 0 Å². The van der Waals surface area contributed by atoms with E-state index < -0.39 is 19.9 Å². The summed E-state index contributed by atoms with van der Waals surface area (Å²) >= 11 is 0. The number of fused-ring (bicyclic) bond motifs is 1. The lowest BCUT2D eigenvalue weighted by Crippen LogP contribution is -2.31. The molecule has 1 aliphatic heterocycles. The van der Waals surface area contributed by atoms with Crippen LogP contribution in [0.1, 0.15) is 5.56 Å². The number of nitrogens with one attached hydrogen (secondary N) is 1. The summed E-state index contributed by atoms with van der Waals surface area (Å²) in [7, 11) is -5.45. The minimum atomic E-state index is -3.65. The second-order valence-electron chi connectivity index (χ2n) is 4.95. The molecule has 1 N–H and O–H groups in total. The predicted octanol–water partition coefficient (Wildman–Crippen LogP) is 0.320. The summed E-state index contributed by atoms with van der Waals surface area (Å²) in [5, 5.41) is 3.13. The van der Waals surface area contributed by atoms with Crippen LogP contribution in [0.15, 0.2) is 23.1 Å². The lowest BCUT2D eigenvalue weighted by molar-refractivity contribution is 0.485. The van der Waals surface area contributed by atoms with Crippen molar-refractivity contribution >= 4 is 25.5 Å². The first-order valence-corrected chi connectivity index (χ1v) is 9.71. The molecule has 20 heavy (non-hydrogen) atoms. The van der Waals surface area contributed by atoms with Crippen LogP contribution in [0.2, 0.25) is 0 Å². The Morgan fingerprint density at radius 1 is 1.25 bits per heavy atom. The summed E-state index contributed by atoms with van der Waals surface area (Å²) < 4.78 is 48.0. The van der Waals surface area contributed by atoms with Gasteiger partial charge in [-0.05, 0) is 24.1 Å². The van der Waals surface area contributed by atoms with Gasteiger partial charge < -0.3 is 5.32 Å². The number of benzene rings is 1. The lowest BCUT2D eigenvalue weighted by Gasteiger charge is -2.17. The van der Waals surface area contributed by atoms with Gasteiger partial charge in [0.05, 0.1) is 10.6 Å². The molecular formula is C12H18N2O4S2. The number of anilines is 1. The van der Waals surface area contributed by atoms with Crippen LogP contribution in [0.3, 0.4) is 0 Å². The minimum Gasteiger partial charge on any atom is -0.384 e. The van der Waals surface area contributed by atoms with E-state index in [-0.39, 0.29) is 17.2 Å². The molecule has 0 aliphatic carbocycles. The Bertz CT molecular complexity index is 711. The predicted molar refractivity (Wildman–Crippen MR) is 78.2 cm³/mol. The summed E-state index contributed by atoms with van der Waals surface area (Å²) in [5.74, 6) is -0.189. The molecule has 0 bridgehead atoms. The summed E-state index contributed by atoms with van der Waals surface area (Å²) in [4.78, 5) is 0.182. The van der Waals surface area contributed by atoms with Gasteiger partial charge >= 0.3 is 0 Å². The number of nitrogens with zero attached hydrogens (tertiary/aromatic N) is 1. The molecule has 0 radical (unpaired) electrons. The fraction of sp³-hybridized carbons (Fsp3) is 0.500. The third-order valence-electron chi connectivity index (χ3n) is 3.28. The van der Waals surface area contributed by atoms with Crippen molar-refractivity contribution in [2.24, 2.45) is 0 Å². The normalized spacial score (nSPS) is 15.2. The average Bonchev–Trinajstić information content (AvgIpc) is 2.81. The minimum absolute atomic E-state index is 0.0499. The second-order valence-corrected chi connectivity index (χ2v) is 9.26. The van der Waals surface area contributed by atoms with Crippen LogP contribution in [0, 0.1) is 0 Å². The Labute approximate surface area is 119 Å². The molecular weight excluding hydrogens is 300 g/mol. The highest BCUT2D eigenvalue weighted by atomic mass is 32.2. The smallest absolute Gasteiger partial charge is 0.242 e. The van der Waals surface area contributed by atoms with E-state index in [0.29, 0.717) is 0 Å². The first kappa shape index (κ1) is 15.3. The number of sulfone groups is 1. The van der Waals surface area contributed by atoms with Crippen molar-refractivity contribution in [1.82, 2.24) is 4.31 Å². The van der Waals surface area contributed by atoms with Crippen LogP contribution in [-0.2, 0) is 26.3 Å². The van der Waals surface area contributed by atoms with Gasteiger partial charge in [-0.1, -0.05) is 6.07 Å². The van der Waals surface area contributed by atoms with Crippen molar-refractivity contribution in [2.75, 3.05) is 37.5 Å². The van der Waals surface area contributed by atoms with Crippen molar-refractivity contribution in [1.29, 1.82) is 0 Å². The maximum atomic E-state index is 12.4. The van der Waals surface area contributed by atoms with Crippen molar-refractivity contribution in [3.05, 3.63) is 23.8 Å². The van der Waals surface area contributed by atoms with Gasteiger partial charge in [0.1, 0.15) is 9.84 Å². The molecule has 112 valence electrons. The van der Waals surface area contributed by atoms with Crippen molar-refractivity contribution in [3.63, 3.8) is 0 Å². The Morgan fingerprint density at radius 2 is 1.95 bits per heavy atom. The summed E-state index contributed by atoms with van der Waals surface area (Å²) in [5.41, 5.74) is 1.94. The van der Waals surface area contributed by atoms with Gasteiger partial charge in [0.2, 0.25) is 10.0 Å². The molecule has 0 amide bonds. The standard InChI is InChI=1S/C12H18N2O4S2/c1-14(7-8-19(2,15)16)20(17,18)11-4-3-10-5-6-13-12(10)9-11/h3-4,9,13H,5-8H2,1-2H3. The molecule has 0 fully saturated rings. The first-order valence-electron chi connectivity index (χ1n) is 6.21. The maximum absolute atomic E-state index is 12.4. The molecule has 0 saturated heterocycles.